The van der Waals surface area contributed by atoms with Gasteiger partial charge in [0.05, 0.1) is 19.8 Å². The van der Waals surface area contributed by atoms with E-state index in [9.17, 15) is 13.6 Å². The molecule has 0 radical (unpaired) electrons. The molecule has 0 heterocycles. The fourth-order valence-corrected chi connectivity index (χ4v) is 2.30. The van der Waals surface area contributed by atoms with Crippen LogP contribution >= 0.6 is 0 Å². The quantitative estimate of drug-likeness (QED) is 0.545. The van der Waals surface area contributed by atoms with Crippen LogP contribution in [0.5, 0.6) is 17.2 Å². The molecule has 2 rings (SSSR count). The molecular weight excluding hydrogens is 330 g/mol. The first-order valence-electron chi connectivity index (χ1n) is 7.45. The number of halogens is 2. The second kappa shape index (κ2) is 8.28. The van der Waals surface area contributed by atoms with E-state index < -0.39 is 6.61 Å². The molecule has 0 aliphatic carbocycles. The molecule has 0 amide bonds. The van der Waals surface area contributed by atoms with Crippen molar-refractivity contribution in [2.75, 3.05) is 14.2 Å². The van der Waals surface area contributed by atoms with Gasteiger partial charge < -0.3 is 14.2 Å². The number of carbonyl (C=O) groups excluding carboxylic acids is 1. The number of carbonyl (C=O) groups is 1. The average molecular weight is 348 g/mol. The van der Waals surface area contributed by atoms with Crippen molar-refractivity contribution in [3.05, 3.63) is 59.2 Å². The smallest absolute Gasteiger partial charge is 0.387 e. The van der Waals surface area contributed by atoms with Gasteiger partial charge in [-0.05, 0) is 42.8 Å². The Balaban J connectivity index is 2.34. The highest BCUT2D eigenvalue weighted by Gasteiger charge is 2.15. The fraction of sp³-hybridized carbons (Fsp3) is 0.211. The van der Waals surface area contributed by atoms with Gasteiger partial charge in [0, 0.05) is 5.56 Å². The normalized spacial score (nSPS) is 11.0. The monoisotopic (exact) mass is 348 g/mol. The molecule has 2 aromatic carbocycles. The molecule has 0 saturated heterocycles. The van der Waals surface area contributed by atoms with Crippen LogP contribution in [-0.2, 0) is 0 Å². The van der Waals surface area contributed by atoms with Gasteiger partial charge in [0.25, 0.3) is 0 Å². The molecule has 0 atom stereocenters. The summed E-state index contributed by atoms with van der Waals surface area (Å²) in [5.74, 6) is 0.162. The van der Waals surface area contributed by atoms with Crippen LogP contribution < -0.4 is 14.2 Å². The number of allylic oxidation sites excluding steroid dienone is 1. The zero-order chi connectivity index (χ0) is 18.4. The van der Waals surface area contributed by atoms with E-state index in [2.05, 4.69) is 4.74 Å². The van der Waals surface area contributed by atoms with Crippen molar-refractivity contribution in [3.8, 4) is 17.2 Å². The maximum atomic E-state index is 12.6. The molecule has 0 saturated carbocycles. The number of alkyl halides is 2. The summed E-state index contributed by atoms with van der Waals surface area (Å²) in [5, 5.41) is 0. The summed E-state index contributed by atoms with van der Waals surface area (Å²) in [6, 6.07) is 9.87. The van der Waals surface area contributed by atoms with Crippen LogP contribution in [0.25, 0.3) is 6.08 Å². The van der Waals surface area contributed by atoms with E-state index in [1.165, 1.54) is 32.4 Å². The van der Waals surface area contributed by atoms with Crippen LogP contribution in [-0.4, -0.2) is 26.6 Å². The molecular formula is C19H18F2O4. The number of hydrogen-bond donors (Lipinski definition) is 0. The number of rotatable bonds is 7. The third kappa shape index (κ3) is 4.56. The van der Waals surface area contributed by atoms with Gasteiger partial charge >= 0.3 is 6.61 Å². The minimum absolute atomic E-state index is 0.125. The highest BCUT2D eigenvalue weighted by Crippen LogP contribution is 2.33. The molecule has 0 spiro atoms. The average Bonchev–Trinajstić information content (AvgIpc) is 2.59. The summed E-state index contributed by atoms with van der Waals surface area (Å²) >= 11 is 0. The molecule has 25 heavy (non-hydrogen) atoms. The molecule has 0 aliphatic rings. The lowest BCUT2D eigenvalue weighted by molar-refractivity contribution is -0.0513. The Morgan fingerprint density at radius 2 is 1.80 bits per heavy atom. The van der Waals surface area contributed by atoms with Crippen molar-refractivity contribution in [2.24, 2.45) is 0 Å². The Kier molecular flexibility index (Phi) is 6.11. The summed E-state index contributed by atoms with van der Waals surface area (Å²) in [7, 11) is 2.83. The van der Waals surface area contributed by atoms with E-state index in [0.717, 1.165) is 5.56 Å². The van der Waals surface area contributed by atoms with Crippen LogP contribution in [0.2, 0.25) is 0 Å². The van der Waals surface area contributed by atoms with Crippen molar-refractivity contribution in [1.82, 2.24) is 0 Å². The van der Waals surface area contributed by atoms with Gasteiger partial charge in [-0.25, -0.2) is 0 Å². The number of methoxy groups -OCH3 is 2. The van der Waals surface area contributed by atoms with Crippen LogP contribution in [0, 0.1) is 6.92 Å². The topological polar surface area (TPSA) is 44.8 Å². The Morgan fingerprint density at radius 1 is 1.08 bits per heavy atom. The van der Waals surface area contributed by atoms with E-state index in [-0.39, 0.29) is 17.3 Å². The maximum absolute atomic E-state index is 12.6. The van der Waals surface area contributed by atoms with Gasteiger partial charge in [0.2, 0.25) is 0 Å². The zero-order valence-corrected chi connectivity index (χ0v) is 14.1. The molecule has 0 fully saturated rings. The number of ketones is 1. The molecule has 2 aromatic rings. The van der Waals surface area contributed by atoms with Crippen LogP contribution in [0.4, 0.5) is 8.78 Å². The first-order valence-corrected chi connectivity index (χ1v) is 7.45. The zero-order valence-electron chi connectivity index (χ0n) is 14.1. The third-order valence-corrected chi connectivity index (χ3v) is 3.47. The molecule has 0 unspecified atom stereocenters. The van der Waals surface area contributed by atoms with Crippen LogP contribution in [0.1, 0.15) is 21.5 Å². The number of benzene rings is 2. The number of hydrogen-bond acceptors (Lipinski definition) is 4. The Bertz CT molecular complexity index is 785. The second-order valence-corrected chi connectivity index (χ2v) is 5.16. The van der Waals surface area contributed by atoms with E-state index in [0.29, 0.717) is 16.9 Å². The van der Waals surface area contributed by atoms with Gasteiger partial charge in [-0.1, -0.05) is 18.2 Å². The Morgan fingerprint density at radius 3 is 2.44 bits per heavy atom. The standard InChI is InChI=1S/C19H18F2O4/c1-12-7-9-14(17(11-12)24-3)15(22)10-8-13-5-4-6-16(23-2)18(13)25-19(20)21/h4-11,19H,1-3H3/b10-8+. The summed E-state index contributed by atoms with van der Waals surface area (Å²) < 4.78 is 40.0. The largest absolute Gasteiger partial charge is 0.496 e. The van der Waals surface area contributed by atoms with Gasteiger partial charge in [-0.2, -0.15) is 8.78 Å². The molecule has 0 N–H and O–H groups in total. The van der Waals surface area contributed by atoms with E-state index in [4.69, 9.17) is 9.47 Å². The van der Waals surface area contributed by atoms with Crippen molar-refractivity contribution < 1.29 is 27.8 Å². The predicted octanol–water partition coefficient (Wildman–Crippen LogP) is 4.51. The summed E-state index contributed by atoms with van der Waals surface area (Å²) in [6.45, 7) is -1.12. The van der Waals surface area contributed by atoms with E-state index in [1.807, 2.05) is 6.92 Å². The first-order chi connectivity index (χ1) is 12.0. The highest BCUT2D eigenvalue weighted by molar-refractivity contribution is 6.08. The lowest BCUT2D eigenvalue weighted by Crippen LogP contribution is -2.05. The third-order valence-electron chi connectivity index (χ3n) is 3.47. The number of ether oxygens (including phenoxy) is 3. The molecule has 0 aliphatic heterocycles. The summed E-state index contributed by atoms with van der Waals surface area (Å²) in [5.41, 5.74) is 1.64. The Labute approximate surface area is 144 Å². The van der Waals surface area contributed by atoms with E-state index in [1.54, 1.807) is 30.3 Å². The van der Waals surface area contributed by atoms with Crippen LogP contribution in [0.3, 0.4) is 0 Å². The van der Waals surface area contributed by atoms with Crippen molar-refractivity contribution >= 4 is 11.9 Å². The number of aryl methyl sites for hydroxylation is 1. The molecule has 6 heteroatoms. The number of para-hydroxylation sites is 1. The molecule has 0 bridgehead atoms. The van der Waals surface area contributed by atoms with Crippen molar-refractivity contribution in [2.45, 2.75) is 13.5 Å². The maximum Gasteiger partial charge on any atom is 0.387 e. The van der Waals surface area contributed by atoms with Gasteiger partial charge in [0.15, 0.2) is 17.3 Å². The van der Waals surface area contributed by atoms with E-state index >= 15 is 0 Å². The van der Waals surface area contributed by atoms with Crippen molar-refractivity contribution in [3.63, 3.8) is 0 Å². The first kappa shape index (κ1) is 18.4. The molecule has 132 valence electrons. The van der Waals surface area contributed by atoms with Gasteiger partial charge in [0.1, 0.15) is 5.75 Å². The van der Waals surface area contributed by atoms with Gasteiger partial charge in [-0.3, -0.25) is 4.79 Å². The lowest BCUT2D eigenvalue weighted by atomic mass is 10.1. The predicted molar refractivity (Wildman–Crippen MR) is 90.7 cm³/mol. The lowest BCUT2D eigenvalue weighted by Gasteiger charge is -2.12. The van der Waals surface area contributed by atoms with Crippen LogP contribution in [0.15, 0.2) is 42.5 Å². The van der Waals surface area contributed by atoms with Crippen molar-refractivity contribution in [1.29, 1.82) is 0 Å². The highest BCUT2D eigenvalue weighted by atomic mass is 19.3. The second-order valence-electron chi connectivity index (χ2n) is 5.16. The fourth-order valence-electron chi connectivity index (χ4n) is 2.30. The minimum atomic E-state index is -3.00. The molecule has 0 aromatic heterocycles. The molecule has 4 nitrogen and oxygen atoms in total. The summed E-state index contributed by atoms with van der Waals surface area (Å²) in [4.78, 5) is 12.4. The van der Waals surface area contributed by atoms with Gasteiger partial charge in [-0.15, -0.1) is 0 Å². The minimum Gasteiger partial charge on any atom is -0.496 e. The Hall–Kier alpha value is -2.89. The SMILES string of the molecule is COc1cc(C)ccc1C(=O)/C=C/c1cccc(OC)c1OC(F)F. The summed E-state index contributed by atoms with van der Waals surface area (Å²) in [6.07, 6.45) is 2.68.